The van der Waals surface area contributed by atoms with Crippen LogP contribution in [0.25, 0.3) is 10.9 Å². The molecule has 0 aliphatic heterocycles. The summed E-state index contributed by atoms with van der Waals surface area (Å²) in [7, 11) is 0. The van der Waals surface area contributed by atoms with Crippen molar-refractivity contribution in [2.45, 2.75) is 20.0 Å². The number of hydrogen-bond donors (Lipinski definition) is 0. The highest BCUT2D eigenvalue weighted by Crippen LogP contribution is 2.23. The molecule has 0 unspecified atom stereocenters. The number of nitrogens with zero attached hydrogens (tertiary/aromatic N) is 1. The molecule has 2 aromatic rings. The van der Waals surface area contributed by atoms with Gasteiger partial charge in [0.05, 0.1) is 11.6 Å². The van der Waals surface area contributed by atoms with E-state index < -0.39 is 0 Å². The van der Waals surface area contributed by atoms with Gasteiger partial charge >= 0.3 is 0 Å². The minimum absolute atomic E-state index is 0.0680. The fourth-order valence-corrected chi connectivity index (χ4v) is 1.58. The lowest BCUT2D eigenvalue weighted by atomic mass is 10.2. The van der Waals surface area contributed by atoms with Gasteiger partial charge in [-0.1, -0.05) is 0 Å². The molecule has 0 saturated heterocycles. The van der Waals surface area contributed by atoms with Crippen LogP contribution in [-0.4, -0.2) is 17.4 Å². The van der Waals surface area contributed by atoms with E-state index in [2.05, 4.69) is 4.98 Å². The molecule has 0 atom stereocenters. The molecule has 4 heteroatoms. The van der Waals surface area contributed by atoms with E-state index in [4.69, 9.17) is 4.74 Å². The molecule has 0 radical (unpaired) electrons. The van der Waals surface area contributed by atoms with Gasteiger partial charge in [0, 0.05) is 5.39 Å². The van der Waals surface area contributed by atoms with Crippen LogP contribution in [-0.2, 0) is 0 Å². The first-order valence-corrected chi connectivity index (χ1v) is 5.32. The molecule has 2 rings (SSSR count). The smallest absolute Gasteiger partial charge is 0.172 e. The van der Waals surface area contributed by atoms with Crippen LogP contribution in [0, 0.1) is 5.82 Å². The van der Waals surface area contributed by atoms with Crippen LogP contribution in [0.1, 0.15) is 24.3 Å². The lowest BCUT2D eigenvalue weighted by Crippen LogP contribution is -2.08. The van der Waals surface area contributed by atoms with Crippen molar-refractivity contribution in [2.75, 3.05) is 0 Å². The van der Waals surface area contributed by atoms with Crippen LogP contribution in [0.4, 0.5) is 4.39 Å². The van der Waals surface area contributed by atoms with Crippen molar-refractivity contribution in [3.63, 3.8) is 0 Å². The number of halogens is 1. The molecule has 1 aromatic carbocycles. The molecule has 0 fully saturated rings. The van der Waals surface area contributed by atoms with Crippen molar-refractivity contribution in [1.82, 2.24) is 4.98 Å². The molecule has 0 saturated carbocycles. The van der Waals surface area contributed by atoms with E-state index in [9.17, 15) is 9.18 Å². The maximum Gasteiger partial charge on any atom is 0.172 e. The Morgan fingerprint density at radius 3 is 2.76 bits per heavy atom. The van der Waals surface area contributed by atoms with Crippen molar-refractivity contribution in [3.05, 3.63) is 35.8 Å². The Morgan fingerprint density at radius 2 is 2.12 bits per heavy atom. The summed E-state index contributed by atoms with van der Waals surface area (Å²) >= 11 is 0. The third-order valence-corrected chi connectivity index (χ3v) is 2.24. The van der Waals surface area contributed by atoms with Gasteiger partial charge in [-0.05, 0) is 38.1 Å². The fourth-order valence-electron chi connectivity index (χ4n) is 1.58. The molecule has 3 nitrogen and oxygen atoms in total. The van der Waals surface area contributed by atoms with Gasteiger partial charge in [0.1, 0.15) is 17.3 Å². The molecule has 0 spiro atoms. The van der Waals surface area contributed by atoms with Gasteiger partial charge in [0.2, 0.25) is 0 Å². The van der Waals surface area contributed by atoms with Gasteiger partial charge in [-0.25, -0.2) is 9.37 Å². The van der Waals surface area contributed by atoms with Crippen LogP contribution in [0.5, 0.6) is 5.75 Å². The topological polar surface area (TPSA) is 39.2 Å². The average Bonchev–Trinajstić information content (AvgIpc) is 2.27. The SMILES string of the molecule is CC(C)Oc1cc2cc(F)ccc2nc1C=O. The highest BCUT2D eigenvalue weighted by molar-refractivity contribution is 5.86. The monoisotopic (exact) mass is 233 g/mol. The zero-order chi connectivity index (χ0) is 12.4. The largest absolute Gasteiger partial charge is 0.489 e. The van der Waals surface area contributed by atoms with Crippen LogP contribution < -0.4 is 4.74 Å². The van der Waals surface area contributed by atoms with Crippen molar-refractivity contribution < 1.29 is 13.9 Å². The first kappa shape index (κ1) is 11.5. The van der Waals surface area contributed by atoms with E-state index in [0.29, 0.717) is 22.9 Å². The number of benzene rings is 1. The van der Waals surface area contributed by atoms with Crippen LogP contribution in [0.2, 0.25) is 0 Å². The summed E-state index contributed by atoms with van der Waals surface area (Å²) in [5, 5.41) is 0.617. The van der Waals surface area contributed by atoms with Crippen LogP contribution in [0.3, 0.4) is 0 Å². The highest BCUT2D eigenvalue weighted by Gasteiger charge is 2.09. The van der Waals surface area contributed by atoms with Crippen molar-refractivity contribution in [3.8, 4) is 5.75 Å². The molecule has 17 heavy (non-hydrogen) atoms. The first-order chi connectivity index (χ1) is 8.10. The minimum Gasteiger partial charge on any atom is -0.489 e. The molecule has 0 aliphatic rings. The zero-order valence-electron chi connectivity index (χ0n) is 9.61. The van der Waals surface area contributed by atoms with E-state index in [0.717, 1.165) is 0 Å². The summed E-state index contributed by atoms with van der Waals surface area (Å²) in [6, 6.07) is 5.85. The highest BCUT2D eigenvalue weighted by atomic mass is 19.1. The maximum atomic E-state index is 13.1. The Kier molecular flexibility index (Phi) is 3.04. The number of rotatable bonds is 3. The molecule has 88 valence electrons. The number of ether oxygens (including phenoxy) is 1. The van der Waals surface area contributed by atoms with E-state index in [-0.39, 0.29) is 17.6 Å². The molecule has 0 aliphatic carbocycles. The number of fused-ring (bicyclic) bond motifs is 1. The van der Waals surface area contributed by atoms with Crippen molar-refractivity contribution >= 4 is 17.2 Å². The van der Waals surface area contributed by atoms with Gasteiger partial charge in [0.15, 0.2) is 6.29 Å². The standard InChI is InChI=1S/C13H12FNO2/c1-8(2)17-13-6-9-5-10(14)3-4-11(9)15-12(13)7-16/h3-8H,1-2H3. The second-order valence-electron chi connectivity index (χ2n) is 3.99. The summed E-state index contributed by atoms with van der Waals surface area (Å²) in [4.78, 5) is 15.0. The second kappa shape index (κ2) is 4.49. The molecule has 1 aromatic heterocycles. The van der Waals surface area contributed by atoms with Crippen molar-refractivity contribution in [1.29, 1.82) is 0 Å². The minimum atomic E-state index is -0.339. The van der Waals surface area contributed by atoms with Crippen molar-refractivity contribution in [2.24, 2.45) is 0 Å². The molecule has 0 amide bonds. The molecule has 0 N–H and O–H groups in total. The normalized spacial score (nSPS) is 10.8. The summed E-state index contributed by atoms with van der Waals surface area (Å²) < 4.78 is 18.5. The lowest BCUT2D eigenvalue weighted by Gasteiger charge is -2.12. The zero-order valence-corrected chi connectivity index (χ0v) is 9.61. The Morgan fingerprint density at radius 1 is 1.35 bits per heavy atom. The Labute approximate surface area is 98.2 Å². The van der Waals surface area contributed by atoms with Gasteiger partial charge in [0.25, 0.3) is 0 Å². The van der Waals surface area contributed by atoms with Gasteiger partial charge in [-0.2, -0.15) is 0 Å². The molecular formula is C13H12FNO2. The molecule has 0 bridgehead atoms. The van der Waals surface area contributed by atoms with E-state index in [1.807, 2.05) is 13.8 Å². The lowest BCUT2D eigenvalue weighted by molar-refractivity contribution is 0.111. The summed E-state index contributed by atoms with van der Waals surface area (Å²) in [6.07, 6.45) is 0.571. The average molecular weight is 233 g/mol. The Hall–Kier alpha value is -1.97. The summed E-state index contributed by atoms with van der Waals surface area (Å²) in [6.45, 7) is 3.70. The van der Waals surface area contributed by atoms with Gasteiger partial charge in [-0.3, -0.25) is 4.79 Å². The van der Waals surface area contributed by atoms with E-state index >= 15 is 0 Å². The number of carbonyl (C=O) groups is 1. The van der Waals surface area contributed by atoms with Crippen LogP contribution in [0.15, 0.2) is 24.3 Å². The van der Waals surface area contributed by atoms with E-state index in [1.54, 1.807) is 6.07 Å². The third kappa shape index (κ3) is 2.41. The fraction of sp³-hybridized carbons (Fsp3) is 0.231. The Bertz CT molecular complexity index is 567. The third-order valence-electron chi connectivity index (χ3n) is 2.24. The number of pyridine rings is 1. The number of carbonyl (C=O) groups excluding carboxylic acids is 1. The predicted octanol–water partition coefficient (Wildman–Crippen LogP) is 2.97. The Balaban J connectivity index is 2.60. The molecule has 1 heterocycles. The summed E-state index contributed by atoms with van der Waals surface area (Å²) in [5.74, 6) is 0.0433. The van der Waals surface area contributed by atoms with E-state index in [1.165, 1.54) is 18.2 Å². The summed E-state index contributed by atoms with van der Waals surface area (Å²) in [5.41, 5.74) is 0.808. The second-order valence-corrected chi connectivity index (χ2v) is 3.99. The quantitative estimate of drug-likeness (QED) is 0.765. The predicted molar refractivity (Wildman–Crippen MR) is 62.9 cm³/mol. The maximum absolute atomic E-state index is 13.1. The number of aldehydes is 1. The number of hydrogen-bond acceptors (Lipinski definition) is 3. The molecular weight excluding hydrogens is 221 g/mol. The first-order valence-electron chi connectivity index (χ1n) is 5.32. The van der Waals surface area contributed by atoms with Gasteiger partial charge < -0.3 is 4.74 Å². The number of aromatic nitrogens is 1. The van der Waals surface area contributed by atoms with Gasteiger partial charge in [-0.15, -0.1) is 0 Å². The van der Waals surface area contributed by atoms with Crippen LogP contribution >= 0.6 is 0 Å².